The average molecular weight is 396 g/mol. The number of nitrogens with one attached hydrogen (secondary N) is 2. The van der Waals surface area contributed by atoms with E-state index in [1.54, 1.807) is 6.07 Å². The van der Waals surface area contributed by atoms with Gasteiger partial charge in [-0.05, 0) is 42.3 Å². The number of aromatic nitrogens is 2. The number of amides is 1. The number of nitrogen functional groups attached to an aromatic ring is 1. The number of halogens is 4. The van der Waals surface area contributed by atoms with E-state index in [4.69, 9.17) is 10.5 Å². The van der Waals surface area contributed by atoms with Gasteiger partial charge in [0.25, 0.3) is 5.91 Å². The molecule has 3 aromatic rings. The molecule has 4 N–H and O–H groups in total. The molecule has 0 radical (unpaired) electrons. The summed E-state index contributed by atoms with van der Waals surface area (Å²) in [6.45, 7) is 0.868. The molecule has 28 heavy (non-hydrogen) atoms. The van der Waals surface area contributed by atoms with Gasteiger partial charge in [-0.2, -0.15) is 18.3 Å². The van der Waals surface area contributed by atoms with Crippen molar-refractivity contribution in [2.75, 3.05) is 12.8 Å². The maximum Gasteiger partial charge on any atom is 0.425 e. The second-order valence-corrected chi connectivity index (χ2v) is 6.08. The Hall–Kier alpha value is -3.30. The van der Waals surface area contributed by atoms with Gasteiger partial charge < -0.3 is 15.8 Å². The minimum absolute atomic E-state index is 0.0212. The van der Waals surface area contributed by atoms with Crippen LogP contribution in [0.3, 0.4) is 0 Å². The first-order valence-electron chi connectivity index (χ1n) is 8.14. The maximum atomic E-state index is 14.3. The number of carbonyl (C=O) groups is 1. The fourth-order valence-corrected chi connectivity index (χ4v) is 2.67. The molecule has 0 aliphatic rings. The van der Waals surface area contributed by atoms with Gasteiger partial charge in [-0.3, -0.25) is 9.89 Å². The zero-order valence-corrected chi connectivity index (χ0v) is 14.8. The molecule has 2 aromatic carbocycles. The van der Waals surface area contributed by atoms with Crippen LogP contribution in [0.25, 0.3) is 22.0 Å². The number of hydrogen-bond donors (Lipinski definition) is 3. The molecule has 6 nitrogen and oxygen atoms in total. The molecule has 1 amide bonds. The van der Waals surface area contributed by atoms with Crippen molar-refractivity contribution in [3.63, 3.8) is 0 Å². The molecule has 0 fully saturated rings. The van der Waals surface area contributed by atoms with Crippen LogP contribution >= 0.6 is 0 Å². The molecule has 0 aliphatic carbocycles. The summed E-state index contributed by atoms with van der Waals surface area (Å²) < 4.78 is 58.1. The predicted molar refractivity (Wildman–Crippen MR) is 95.4 cm³/mol. The third-order valence-corrected chi connectivity index (χ3v) is 4.19. The lowest BCUT2D eigenvalue weighted by Gasteiger charge is -2.19. The van der Waals surface area contributed by atoms with Gasteiger partial charge in [0.1, 0.15) is 11.6 Å². The maximum absolute atomic E-state index is 14.3. The van der Waals surface area contributed by atoms with Gasteiger partial charge in [0, 0.05) is 7.05 Å². The molecule has 0 saturated heterocycles. The van der Waals surface area contributed by atoms with Crippen LogP contribution in [-0.2, 0) is 0 Å². The summed E-state index contributed by atoms with van der Waals surface area (Å²) in [7, 11) is 1.37. The van der Waals surface area contributed by atoms with Crippen LogP contribution in [0, 0.1) is 5.82 Å². The number of anilines is 1. The molecule has 0 aliphatic heterocycles. The van der Waals surface area contributed by atoms with Crippen LogP contribution < -0.4 is 15.8 Å². The van der Waals surface area contributed by atoms with E-state index in [2.05, 4.69) is 15.5 Å². The highest BCUT2D eigenvalue weighted by molar-refractivity contribution is 5.98. The Bertz CT molecular complexity index is 1050. The molecule has 1 aromatic heterocycles. The van der Waals surface area contributed by atoms with Crippen LogP contribution in [0.4, 0.5) is 23.4 Å². The number of rotatable bonds is 4. The number of benzene rings is 2. The molecule has 0 unspecified atom stereocenters. The summed E-state index contributed by atoms with van der Waals surface area (Å²) in [6, 6.07) is 6.75. The predicted octanol–water partition coefficient (Wildman–Crippen LogP) is 3.64. The highest BCUT2D eigenvalue weighted by Crippen LogP contribution is 2.37. The second kappa shape index (κ2) is 7.02. The number of aromatic amines is 1. The normalized spacial score (nSPS) is 12.8. The fourth-order valence-electron chi connectivity index (χ4n) is 2.67. The van der Waals surface area contributed by atoms with E-state index in [1.165, 1.54) is 25.2 Å². The quantitative estimate of drug-likeness (QED) is 0.587. The number of ether oxygens (including phenoxy) is 1. The third-order valence-electron chi connectivity index (χ3n) is 4.19. The molecule has 1 atom stereocenters. The number of nitrogens with zero attached hydrogens (tertiary/aromatic N) is 1. The Balaban J connectivity index is 2.10. The van der Waals surface area contributed by atoms with E-state index in [0.29, 0.717) is 16.6 Å². The minimum atomic E-state index is -4.58. The molecule has 3 rings (SSSR count). The van der Waals surface area contributed by atoms with Gasteiger partial charge in [0.2, 0.25) is 0 Å². The number of carbonyl (C=O) groups excluding carboxylic acids is 1. The second-order valence-electron chi connectivity index (χ2n) is 6.08. The molecule has 1 heterocycles. The molecule has 148 valence electrons. The SMILES string of the molecule is CNC(=O)c1ccc(-c2cc(O[C@@H](C)C(F)(F)F)c3c(N)n[nH]c3c2)cc1F. The van der Waals surface area contributed by atoms with Crippen molar-refractivity contribution in [1.82, 2.24) is 15.5 Å². The first kappa shape index (κ1) is 19.5. The Morgan fingerprint density at radius 3 is 2.57 bits per heavy atom. The first-order chi connectivity index (χ1) is 13.1. The minimum Gasteiger partial charge on any atom is -0.480 e. The highest BCUT2D eigenvalue weighted by atomic mass is 19.4. The molecule has 0 saturated carbocycles. The van der Waals surface area contributed by atoms with E-state index in [0.717, 1.165) is 13.0 Å². The van der Waals surface area contributed by atoms with Gasteiger partial charge in [-0.1, -0.05) is 6.07 Å². The Labute approximate surface area is 156 Å². The number of hydrogen-bond acceptors (Lipinski definition) is 4. The summed E-state index contributed by atoms with van der Waals surface area (Å²) in [5.41, 5.74) is 6.61. The summed E-state index contributed by atoms with van der Waals surface area (Å²) >= 11 is 0. The Kier molecular flexibility index (Phi) is 4.88. The van der Waals surface area contributed by atoms with Crippen LogP contribution in [0.15, 0.2) is 30.3 Å². The molecular formula is C18H16F4N4O2. The van der Waals surface area contributed by atoms with Gasteiger partial charge >= 0.3 is 6.18 Å². The lowest BCUT2D eigenvalue weighted by atomic mass is 10.0. The van der Waals surface area contributed by atoms with Crippen LogP contribution in [-0.4, -0.2) is 35.4 Å². The van der Waals surface area contributed by atoms with Crippen molar-refractivity contribution in [1.29, 1.82) is 0 Å². The van der Waals surface area contributed by atoms with E-state index in [9.17, 15) is 22.4 Å². The van der Waals surface area contributed by atoms with Crippen molar-refractivity contribution in [2.24, 2.45) is 0 Å². The van der Waals surface area contributed by atoms with E-state index >= 15 is 0 Å². The first-order valence-corrected chi connectivity index (χ1v) is 8.14. The summed E-state index contributed by atoms with van der Waals surface area (Å²) in [4.78, 5) is 11.6. The van der Waals surface area contributed by atoms with Crippen molar-refractivity contribution in [3.05, 3.63) is 41.7 Å². The van der Waals surface area contributed by atoms with Crippen molar-refractivity contribution < 1.29 is 27.1 Å². The molecule has 0 spiro atoms. The monoisotopic (exact) mass is 396 g/mol. The van der Waals surface area contributed by atoms with Crippen molar-refractivity contribution in [2.45, 2.75) is 19.2 Å². The van der Waals surface area contributed by atoms with Gasteiger partial charge in [0.05, 0.1) is 16.5 Å². The van der Waals surface area contributed by atoms with E-state index < -0.39 is 24.0 Å². The highest BCUT2D eigenvalue weighted by Gasteiger charge is 2.38. The van der Waals surface area contributed by atoms with Gasteiger partial charge in [0.15, 0.2) is 11.9 Å². The van der Waals surface area contributed by atoms with E-state index in [-0.39, 0.29) is 22.5 Å². The summed E-state index contributed by atoms with van der Waals surface area (Å²) in [5.74, 6) is -1.53. The topological polar surface area (TPSA) is 93.0 Å². The number of H-pyrrole nitrogens is 1. The van der Waals surface area contributed by atoms with Crippen LogP contribution in [0.5, 0.6) is 5.75 Å². The lowest BCUT2D eigenvalue weighted by Crippen LogP contribution is -2.31. The van der Waals surface area contributed by atoms with Crippen molar-refractivity contribution in [3.8, 4) is 16.9 Å². The van der Waals surface area contributed by atoms with Gasteiger partial charge in [-0.25, -0.2) is 4.39 Å². The number of alkyl halides is 3. The summed E-state index contributed by atoms with van der Waals surface area (Å²) in [6.07, 6.45) is -6.67. The van der Waals surface area contributed by atoms with Gasteiger partial charge in [-0.15, -0.1) is 0 Å². The largest absolute Gasteiger partial charge is 0.480 e. The van der Waals surface area contributed by atoms with Crippen LogP contribution in [0.1, 0.15) is 17.3 Å². The molecule has 10 heteroatoms. The van der Waals surface area contributed by atoms with Crippen LogP contribution in [0.2, 0.25) is 0 Å². The van der Waals surface area contributed by atoms with E-state index in [1.807, 2.05) is 0 Å². The third kappa shape index (κ3) is 3.57. The smallest absolute Gasteiger partial charge is 0.425 e. The Morgan fingerprint density at radius 1 is 1.25 bits per heavy atom. The number of nitrogens with two attached hydrogens (primary N) is 1. The number of fused-ring (bicyclic) bond motifs is 1. The zero-order valence-electron chi connectivity index (χ0n) is 14.8. The average Bonchev–Trinajstić information content (AvgIpc) is 3.01. The standard InChI is InChI=1S/C18H16F4N4O2/c1-8(18(20,21)22)28-14-7-10(6-13-15(14)16(23)26-25-13)9-3-4-11(12(19)5-9)17(27)24-2/h3-8H,1-2H3,(H,24,27)(H3,23,25,26)/t8-/m0/s1. The lowest BCUT2D eigenvalue weighted by molar-refractivity contribution is -0.188. The molecular weight excluding hydrogens is 380 g/mol. The summed E-state index contributed by atoms with van der Waals surface area (Å²) in [5, 5.41) is 8.92. The zero-order chi connectivity index (χ0) is 20.6. The Morgan fingerprint density at radius 2 is 1.96 bits per heavy atom. The molecule has 0 bridgehead atoms. The van der Waals surface area contributed by atoms with Crippen molar-refractivity contribution >= 4 is 22.6 Å². The fraction of sp³-hybridized carbons (Fsp3) is 0.222.